The molecule has 1 aliphatic rings. The number of benzene rings is 1. The highest BCUT2D eigenvalue weighted by atomic mass is 19.1. The van der Waals surface area contributed by atoms with E-state index in [-0.39, 0.29) is 17.3 Å². The molecule has 0 fully saturated rings. The molecular weight excluding hydrogens is 339 g/mol. The maximum absolute atomic E-state index is 15.1. The summed E-state index contributed by atoms with van der Waals surface area (Å²) in [5.41, 5.74) is 4.68. The molecule has 1 aromatic carbocycles. The van der Waals surface area contributed by atoms with Crippen molar-refractivity contribution in [2.45, 2.75) is 66.9 Å². The zero-order valence-electron chi connectivity index (χ0n) is 17.4. The van der Waals surface area contributed by atoms with Gasteiger partial charge in [0.25, 0.3) is 0 Å². The minimum atomic E-state index is -0.396. The van der Waals surface area contributed by atoms with Crippen molar-refractivity contribution in [2.24, 2.45) is 5.41 Å². The standard InChI is InChI=1S/C24H31FO2/c1-15(2)27-23(26)20-12-10-19(11-13-20)22(25)18(5)17(4)21-16(3)9-8-14-24(21,6)7/h10-13,15H,4,8-9,14H2,1-3,5-7H3/b22-18-. The first-order valence-electron chi connectivity index (χ1n) is 9.62. The molecule has 0 saturated carbocycles. The van der Waals surface area contributed by atoms with E-state index in [1.54, 1.807) is 45.0 Å². The van der Waals surface area contributed by atoms with E-state index in [4.69, 9.17) is 4.74 Å². The van der Waals surface area contributed by atoms with Crippen LogP contribution in [0, 0.1) is 5.41 Å². The number of rotatable bonds is 5. The SMILES string of the molecule is C=C(C1=C(C)CCCC1(C)C)/C(C)=C(\F)c1ccc(C(=O)OC(C)C)cc1. The predicted octanol–water partition coefficient (Wildman–Crippen LogP) is 7.04. The summed E-state index contributed by atoms with van der Waals surface area (Å²) in [6, 6.07) is 6.45. The number of halogens is 1. The Morgan fingerprint density at radius 2 is 1.74 bits per heavy atom. The first kappa shape index (κ1) is 21.1. The predicted molar refractivity (Wildman–Crippen MR) is 110 cm³/mol. The van der Waals surface area contributed by atoms with Crippen LogP contribution < -0.4 is 0 Å². The van der Waals surface area contributed by atoms with Crippen LogP contribution in [0.25, 0.3) is 5.83 Å². The minimum absolute atomic E-state index is 0.00537. The van der Waals surface area contributed by atoms with Gasteiger partial charge in [0.1, 0.15) is 5.83 Å². The summed E-state index contributed by atoms with van der Waals surface area (Å²) in [7, 11) is 0. The molecule has 1 aliphatic carbocycles. The van der Waals surface area contributed by atoms with Crippen LogP contribution in [-0.4, -0.2) is 12.1 Å². The third-order valence-electron chi connectivity index (χ3n) is 5.26. The van der Waals surface area contributed by atoms with E-state index in [1.165, 1.54) is 11.1 Å². The summed E-state index contributed by atoms with van der Waals surface area (Å²) in [4.78, 5) is 11.9. The molecular formula is C24H31FO2. The van der Waals surface area contributed by atoms with Gasteiger partial charge in [0, 0.05) is 5.56 Å². The van der Waals surface area contributed by atoms with Crippen LogP contribution in [0.5, 0.6) is 0 Å². The number of carbonyl (C=O) groups is 1. The lowest BCUT2D eigenvalue weighted by Gasteiger charge is -2.36. The van der Waals surface area contributed by atoms with Crippen LogP contribution >= 0.6 is 0 Å². The van der Waals surface area contributed by atoms with E-state index in [0.29, 0.717) is 16.7 Å². The molecule has 0 aliphatic heterocycles. The summed E-state index contributed by atoms with van der Waals surface area (Å²) in [5, 5.41) is 0. The molecule has 0 saturated heterocycles. The zero-order valence-corrected chi connectivity index (χ0v) is 17.4. The third kappa shape index (κ3) is 4.77. The van der Waals surface area contributed by atoms with Crippen LogP contribution in [0.4, 0.5) is 4.39 Å². The lowest BCUT2D eigenvalue weighted by molar-refractivity contribution is 0.0378. The molecule has 0 aromatic heterocycles. The second-order valence-electron chi connectivity index (χ2n) is 8.34. The van der Waals surface area contributed by atoms with Gasteiger partial charge in [0.15, 0.2) is 0 Å². The highest BCUT2D eigenvalue weighted by molar-refractivity contribution is 5.90. The Balaban J connectivity index is 2.31. The Hall–Kier alpha value is -2.16. The Kier molecular flexibility index (Phi) is 6.46. The van der Waals surface area contributed by atoms with Gasteiger partial charge in [-0.2, -0.15) is 0 Å². The van der Waals surface area contributed by atoms with E-state index in [0.717, 1.165) is 24.8 Å². The molecule has 2 rings (SSSR count). The van der Waals surface area contributed by atoms with Gasteiger partial charge in [0.05, 0.1) is 11.7 Å². The fraction of sp³-hybridized carbons (Fsp3) is 0.458. The van der Waals surface area contributed by atoms with Crippen molar-refractivity contribution in [3.63, 3.8) is 0 Å². The number of esters is 1. The quantitative estimate of drug-likeness (QED) is 0.410. The van der Waals surface area contributed by atoms with Crippen molar-refractivity contribution in [2.75, 3.05) is 0 Å². The number of carbonyl (C=O) groups excluding carboxylic acids is 1. The Morgan fingerprint density at radius 1 is 1.19 bits per heavy atom. The van der Waals surface area contributed by atoms with E-state index in [9.17, 15) is 4.79 Å². The first-order valence-corrected chi connectivity index (χ1v) is 9.62. The molecule has 0 heterocycles. The van der Waals surface area contributed by atoms with Crippen molar-refractivity contribution in [3.05, 3.63) is 64.3 Å². The van der Waals surface area contributed by atoms with Crippen molar-refractivity contribution >= 4 is 11.8 Å². The van der Waals surface area contributed by atoms with Crippen molar-refractivity contribution < 1.29 is 13.9 Å². The van der Waals surface area contributed by atoms with Crippen molar-refractivity contribution in [3.8, 4) is 0 Å². The molecule has 27 heavy (non-hydrogen) atoms. The Bertz CT molecular complexity index is 792. The second-order valence-corrected chi connectivity index (χ2v) is 8.34. The third-order valence-corrected chi connectivity index (χ3v) is 5.26. The van der Waals surface area contributed by atoms with Crippen molar-refractivity contribution in [1.29, 1.82) is 0 Å². The molecule has 0 spiro atoms. The Morgan fingerprint density at radius 3 is 2.26 bits per heavy atom. The monoisotopic (exact) mass is 370 g/mol. The van der Waals surface area contributed by atoms with Crippen LogP contribution in [-0.2, 0) is 4.74 Å². The van der Waals surface area contributed by atoms with E-state index in [2.05, 4.69) is 27.4 Å². The molecule has 0 amide bonds. The van der Waals surface area contributed by atoms with Gasteiger partial charge in [-0.1, -0.05) is 38.1 Å². The average Bonchev–Trinajstić information content (AvgIpc) is 2.59. The number of ether oxygens (including phenoxy) is 1. The van der Waals surface area contributed by atoms with Gasteiger partial charge in [0.2, 0.25) is 0 Å². The number of allylic oxidation sites excluding steroid dienone is 4. The maximum atomic E-state index is 15.1. The number of hydrogen-bond donors (Lipinski definition) is 0. The van der Waals surface area contributed by atoms with E-state index >= 15 is 4.39 Å². The minimum Gasteiger partial charge on any atom is -0.459 e. The van der Waals surface area contributed by atoms with Crippen LogP contribution in [0.3, 0.4) is 0 Å². The molecule has 0 bridgehead atoms. The summed E-state index contributed by atoms with van der Waals surface area (Å²) in [6.07, 6.45) is 3.10. The Labute approximate surface area is 162 Å². The molecule has 0 radical (unpaired) electrons. The molecule has 0 N–H and O–H groups in total. The fourth-order valence-electron chi connectivity index (χ4n) is 3.86. The molecule has 0 atom stereocenters. The second kappa shape index (κ2) is 8.24. The van der Waals surface area contributed by atoms with Crippen molar-refractivity contribution in [1.82, 2.24) is 0 Å². The fourth-order valence-corrected chi connectivity index (χ4v) is 3.86. The summed E-state index contributed by atoms with van der Waals surface area (Å²) >= 11 is 0. The van der Waals surface area contributed by atoms with E-state index < -0.39 is 5.97 Å². The van der Waals surface area contributed by atoms with Crippen LogP contribution in [0.2, 0.25) is 0 Å². The smallest absolute Gasteiger partial charge is 0.338 e. The van der Waals surface area contributed by atoms with Crippen LogP contribution in [0.1, 0.15) is 76.7 Å². The topological polar surface area (TPSA) is 26.3 Å². The van der Waals surface area contributed by atoms with Gasteiger partial charge < -0.3 is 4.74 Å². The zero-order chi connectivity index (χ0) is 20.4. The van der Waals surface area contributed by atoms with Crippen LogP contribution in [0.15, 0.2) is 53.1 Å². The largest absolute Gasteiger partial charge is 0.459 e. The van der Waals surface area contributed by atoms with Gasteiger partial charge in [-0.05, 0) is 81.2 Å². The summed E-state index contributed by atoms with van der Waals surface area (Å²) in [6.45, 7) is 16.1. The average molecular weight is 371 g/mol. The normalized spacial score (nSPS) is 17.6. The maximum Gasteiger partial charge on any atom is 0.338 e. The van der Waals surface area contributed by atoms with Gasteiger partial charge >= 0.3 is 5.97 Å². The van der Waals surface area contributed by atoms with E-state index in [1.807, 2.05) is 0 Å². The summed E-state index contributed by atoms with van der Waals surface area (Å²) < 4.78 is 20.3. The summed E-state index contributed by atoms with van der Waals surface area (Å²) in [5.74, 6) is -0.697. The highest BCUT2D eigenvalue weighted by Crippen LogP contribution is 2.45. The lowest BCUT2D eigenvalue weighted by Crippen LogP contribution is -2.22. The number of hydrogen-bond acceptors (Lipinski definition) is 2. The molecule has 3 heteroatoms. The van der Waals surface area contributed by atoms with Gasteiger partial charge in [-0.3, -0.25) is 0 Å². The van der Waals surface area contributed by atoms with Gasteiger partial charge in [-0.25, -0.2) is 9.18 Å². The highest BCUT2D eigenvalue weighted by Gasteiger charge is 2.31. The lowest BCUT2D eigenvalue weighted by atomic mass is 9.69. The first-order chi connectivity index (χ1) is 12.5. The molecule has 2 nitrogen and oxygen atoms in total. The molecule has 0 unspecified atom stereocenters. The molecule has 146 valence electrons. The van der Waals surface area contributed by atoms with Gasteiger partial charge in [-0.15, -0.1) is 0 Å². The molecule has 1 aromatic rings.